The Hall–Kier alpha value is -1.09. The van der Waals surface area contributed by atoms with Gasteiger partial charge in [0.2, 0.25) is 0 Å². The summed E-state index contributed by atoms with van der Waals surface area (Å²) in [4.78, 5) is 7.25. The first-order chi connectivity index (χ1) is 9.74. The van der Waals surface area contributed by atoms with Gasteiger partial charge in [-0.2, -0.15) is 0 Å². The van der Waals surface area contributed by atoms with E-state index in [0.29, 0.717) is 6.04 Å². The molecule has 1 N–H and O–H groups in total. The second kappa shape index (κ2) is 6.13. The molecule has 1 heterocycles. The Balaban J connectivity index is 1.66. The van der Waals surface area contributed by atoms with Crippen molar-refractivity contribution >= 4 is 5.82 Å². The molecule has 2 unspecified atom stereocenters. The molecule has 0 radical (unpaired) electrons. The molecule has 0 amide bonds. The molecule has 1 aromatic heterocycles. The number of pyridine rings is 1. The van der Waals surface area contributed by atoms with E-state index >= 15 is 0 Å². The van der Waals surface area contributed by atoms with Crippen molar-refractivity contribution < 1.29 is 0 Å². The predicted molar refractivity (Wildman–Crippen MR) is 83.9 cm³/mol. The summed E-state index contributed by atoms with van der Waals surface area (Å²) in [7, 11) is 2.22. The van der Waals surface area contributed by atoms with Crippen molar-refractivity contribution in [2.75, 3.05) is 11.9 Å². The quantitative estimate of drug-likeness (QED) is 0.891. The van der Waals surface area contributed by atoms with E-state index in [0.717, 1.165) is 24.3 Å². The van der Waals surface area contributed by atoms with Gasteiger partial charge in [-0.25, -0.2) is 4.98 Å². The Morgan fingerprint density at radius 2 is 2.00 bits per heavy atom. The number of anilines is 1. The summed E-state index contributed by atoms with van der Waals surface area (Å²) in [6.45, 7) is 3.30. The molecule has 20 heavy (non-hydrogen) atoms. The third-order valence-electron chi connectivity index (χ3n) is 4.87. The normalized spacial score (nSPS) is 26.5. The molecule has 2 atom stereocenters. The highest BCUT2D eigenvalue weighted by molar-refractivity contribution is 5.40. The van der Waals surface area contributed by atoms with E-state index in [4.69, 9.17) is 4.98 Å². The lowest BCUT2D eigenvalue weighted by atomic mass is 9.85. The van der Waals surface area contributed by atoms with Gasteiger partial charge in [0.05, 0.1) is 5.69 Å². The molecule has 3 rings (SSSR count). The van der Waals surface area contributed by atoms with E-state index in [9.17, 15) is 0 Å². The van der Waals surface area contributed by atoms with Crippen LogP contribution in [0.5, 0.6) is 0 Å². The van der Waals surface area contributed by atoms with Crippen LogP contribution in [0.2, 0.25) is 0 Å². The van der Waals surface area contributed by atoms with E-state index in [1.165, 1.54) is 44.2 Å². The minimum absolute atomic E-state index is 0.655. The molecule has 0 spiro atoms. The van der Waals surface area contributed by atoms with Crippen LogP contribution in [0.1, 0.15) is 51.1 Å². The van der Waals surface area contributed by atoms with Crippen LogP contribution in [-0.2, 0) is 6.54 Å². The van der Waals surface area contributed by atoms with E-state index in [1.54, 1.807) is 0 Å². The Bertz CT molecular complexity index is 442. The molecular formula is C17H27N3. The van der Waals surface area contributed by atoms with Crippen LogP contribution in [0.4, 0.5) is 5.82 Å². The molecule has 0 aromatic carbocycles. The van der Waals surface area contributed by atoms with Crippen molar-refractivity contribution in [1.82, 2.24) is 10.3 Å². The third kappa shape index (κ3) is 3.32. The molecule has 0 bridgehead atoms. The standard InChI is InChI=1S/C17H27N3/c1-13-6-3-4-8-16(13)20(2)17-9-5-7-15(19-17)12-18-14-10-11-14/h5,7,9,13-14,16,18H,3-4,6,8,10-12H2,1-2H3. The van der Waals surface area contributed by atoms with Crippen molar-refractivity contribution in [2.24, 2.45) is 5.92 Å². The molecule has 0 saturated heterocycles. The third-order valence-corrected chi connectivity index (χ3v) is 4.87. The zero-order valence-corrected chi connectivity index (χ0v) is 12.8. The van der Waals surface area contributed by atoms with E-state index in [2.05, 4.69) is 42.4 Å². The van der Waals surface area contributed by atoms with Gasteiger partial charge in [-0.3, -0.25) is 0 Å². The smallest absolute Gasteiger partial charge is 0.128 e. The van der Waals surface area contributed by atoms with Crippen LogP contribution < -0.4 is 10.2 Å². The first kappa shape index (κ1) is 13.9. The summed E-state index contributed by atoms with van der Waals surface area (Å²) >= 11 is 0. The molecule has 2 fully saturated rings. The first-order valence-electron chi connectivity index (χ1n) is 8.16. The van der Waals surface area contributed by atoms with Gasteiger partial charge in [0, 0.05) is 25.7 Å². The maximum absolute atomic E-state index is 4.85. The molecule has 2 aliphatic carbocycles. The van der Waals surface area contributed by atoms with Crippen LogP contribution >= 0.6 is 0 Å². The number of rotatable bonds is 5. The number of nitrogens with one attached hydrogen (secondary N) is 1. The lowest BCUT2D eigenvalue weighted by Gasteiger charge is -2.37. The van der Waals surface area contributed by atoms with Gasteiger partial charge in [0.15, 0.2) is 0 Å². The van der Waals surface area contributed by atoms with Gasteiger partial charge < -0.3 is 10.2 Å². The second-order valence-corrected chi connectivity index (χ2v) is 6.58. The van der Waals surface area contributed by atoms with Gasteiger partial charge in [-0.15, -0.1) is 0 Å². The number of hydrogen-bond donors (Lipinski definition) is 1. The van der Waals surface area contributed by atoms with Crippen LogP contribution in [0.25, 0.3) is 0 Å². The van der Waals surface area contributed by atoms with Crippen molar-refractivity contribution in [3.63, 3.8) is 0 Å². The van der Waals surface area contributed by atoms with Crippen molar-refractivity contribution in [3.05, 3.63) is 23.9 Å². The van der Waals surface area contributed by atoms with Crippen LogP contribution in [-0.4, -0.2) is 24.1 Å². The SMILES string of the molecule is CC1CCCCC1N(C)c1cccc(CNC2CC2)n1. The van der Waals surface area contributed by atoms with E-state index in [1.807, 2.05) is 0 Å². The van der Waals surface area contributed by atoms with Crippen molar-refractivity contribution in [3.8, 4) is 0 Å². The van der Waals surface area contributed by atoms with Gasteiger partial charge in [-0.1, -0.05) is 25.8 Å². The molecule has 2 aliphatic rings. The number of hydrogen-bond acceptors (Lipinski definition) is 3. The highest BCUT2D eigenvalue weighted by Crippen LogP contribution is 2.29. The van der Waals surface area contributed by atoms with Crippen LogP contribution in [0, 0.1) is 5.92 Å². The maximum atomic E-state index is 4.85. The lowest BCUT2D eigenvalue weighted by molar-refractivity contribution is 0.320. The lowest BCUT2D eigenvalue weighted by Crippen LogP contribution is -2.39. The highest BCUT2D eigenvalue weighted by Gasteiger charge is 2.26. The summed E-state index contributed by atoms with van der Waals surface area (Å²) in [5.41, 5.74) is 1.17. The molecule has 110 valence electrons. The highest BCUT2D eigenvalue weighted by atomic mass is 15.2. The van der Waals surface area contributed by atoms with E-state index < -0.39 is 0 Å². The zero-order valence-electron chi connectivity index (χ0n) is 12.8. The largest absolute Gasteiger partial charge is 0.356 e. The topological polar surface area (TPSA) is 28.2 Å². The van der Waals surface area contributed by atoms with Crippen LogP contribution in [0.15, 0.2) is 18.2 Å². The zero-order chi connectivity index (χ0) is 13.9. The van der Waals surface area contributed by atoms with Crippen LogP contribution in [0.3, 0.4) is 0 Å². The number of aromatic nitrogens is 1. The van der Waals surface area contributed by atoms with Gasteiger partial charge in [-0.05, 0) is 43.7 Å². The molecule has 2 saturated carbocycles. The second-order valence-electron chi connectivity index (χ2n) is 6.58. The molecule has 0 aliphatic heterocycles. The first-order valence-corrected chi connectivity index (χ1v) is 8.16. The maximum Gasteiger partial charge on any atom is 0.128 e. The molecule has 1 aromatic rings. The Morgan fingerprint density at radius 1 is 1.20 bits per heavy atom. The monoisotopic (exact) mass is 273 g/mol. The fourth-order valence-corrected chi connectivity index (χ4v) is 3.34. The molecule has 3 heteroatoms. The molecular weight excluding hydrogens is 246 g/mol. The summed E-state index contributed by atoms with van der Waals surface area (Å²) < 4.78 is 0. The fraction of sp³-hybridized carbons (Fsp3) is 0.706. The van der Waals surface area contributed by atoms with E-state index in [-0.39, 0.29) is 0 Å². The summed E-state index contributed by atoms with van der Waals surface area (Å²) in [6.07, 6.45) is 8.09. The van der Waals surface area contributed by atoms with Crippen molar-refractivity contribution in [2.45, 2.75) is 64.1 Å². The summed E-state index contributed by atoms with van der Waals surface area (Å²) in [5, 5.41) is 3.55. The van der Waals surface area contributed by atoms with Gasteiger partial charge in [0.1, 0.15) is 5.82 Å². The Labute approximate surface area is 122 Å². The summed E-state index contributed by atoms with van der Waals surface area (Å²) in [6, 6.07) is 7.84. The summed E-state index contributed by atoms with van der Waals surface area (Å²) in [5.74, 6) is 1.92. The number of nitrogens with zero attached hydrogens (tertiary/aromatic N) is 2. The Kier molecular flexibility index (Phi) is 4.25. The minimum Gasteiger partial charge on any atom is -0.356 e. The van der Waals surface area contributed by atoms with Gasteiger partial charge >= 0.3 is 0 Å². The fourth-order valence-electron chi connectivity index (χ4n) is 3.34. The predicted octanol–water partition coefficient (Wildman–Crippen LogP) is 3.35. The van der Waals surface area contributed by atoms with Gasteiger partial charge in [0.25, 0.3) is 0 Å². The Morgan fingerprint density at radius 3 is 2.75 bits per heavy atom. The van der Waals surface area contributed by atoms with Crippen molar-refractivity contribution in [1.29, 1.82) is 0 Å². The molecule has 3 nitrogen and oxygen atoms in total. The average Bonchev–Trinajstić information content (AvgIpc) is 3.29. The minimum atomic E-state index is 0.655. The average molecular weight is 273 g/mol.